The van der Waals surface area contributed by atoms with E-state index in [-0.39, 0.29) is 5.78 Å². The molecule has 0 aliphatic heterocycles. The first-order valence-corrected chi connectivity index (χ1v) is 8.94. The molecule has 0 fully saturated rings. The number of allylic oxidation sites excluding steroid dienone is 19. The Hall–Kier alpha value is -3.46. The normalized spacial score (nSPS) is 14.3. The van der Waals surface area contributed by atoms with E-state index in [0.717, 1.165) is 11.6 Å². The molecule has 0 atom stereocenters. The van der Waals surface area contributed by atoms with Gasteiger partial charge in [-0.3, -0.25) is 4.79 Å². The molecule has 28 heavy (non-hydrogen) atoms. The molecule has 1 N–H and O–H groups in total. The molecule has 0 spiro atoms. The summed E-state index contributed by atoms with van der Waals surface area (Å²) in [4.78, 5) is 21.3. The second-order valence-electron chi connectivity index (χ2n) is 5.50. The van der Waals surface area contributed by atoms with Crippen molar-refractivity contribution in [2.45, 2.75) is 20.3 Å². The van der Waals surface area contributed by atoms with Gasteiger partial charge in [0, 0.05) is 6.08 Å². The summed E-state index contributed by atoms with van der Waals surface area (Å²) in [6.45, 7) is 3.35. The number of carbonyl (C=O) groups is 2. The highest BCUT2D eigenvalue weighted by Gasteiger charge is 1.90. The van der Waals surface area contributed by atoms with Crippen molar-refractivity contribution in [3.63, 3.8) is 0 Å². The Labute approximate surface area is 168 Å². The van der Waals surface area contributed by atoms with Crippen LogP contribution in [0.4, 0.5) is 0 Å². The van der Waals surface area contributed by atoms with Crippen LogP contribution in [-0.4, -0.2) is 16.9 Å². The van der Waals surface area contributed by atoms with Gasteiger partial charge in [0.1, 0.15) is 0 Å². The summed E-state index contributed by atoms with van der Waals surface area (Å²) in [5, 5.41) is 8.42. The molecule has 0 aromatic heterocycles. The van der Waals surface area contributed by atoms with E-state index in [1.165, 1.54) is 0 Å². The van der Waals surface area contributed by atoms with Gasteiger partial charge >= 0.3 is 5.97 Å². The average molecular weight is 376 g/mol. The quantitative estimate of drug-likeness (QED) is 0.335. The van der Waals surface area contributed by atoms with Crippen LogP contribution in [0, 0.1) is 0 Å². The van der Waals surface area contributed by atoms with Crippen molar-refractivity contribution >= 4 is 11.8 Å². The highest BCUT2D eigenvalue weighted by Crippen LogP contribution is 1.94. The van der Waals surface area contributed by atoms with E-state index in [1.807, 2.05) is 97.2 Å². The molecule has 0 heterocycles. The van der Waals surface area contributed by atoms with Gasteiger partial charge in [0.2, 0.25) is 0 Å². The molecule has 0 aromatic carbocycles. The maximum atomic E-state index is 11.0. The van der Waals surface area contributed by atoms with Crippen LogP contribution in [0.1, 0.15) is 20.3 Å². The Morgan fingerprint density at radius 2 is 1.00 bits per heavy atom. The van der Waals surface area contributed by atoms with E-state index < -0.39 is 5.97 Å². The topological polar surface area (TPSA) is 54.4 Å². The largest absolute Gasteiger partial charge is 0.478 e. The number of ketones is 1. The van der Waals surface area contributed by atoms with Crippen LogP contribution in [0.5, 0.6) is 0 Å². The number of hydrogen-bond acceptors (Lipinski definition) is 2. The highest BCUT2D eigenvalue weighted by atomic mass is 16.4. The minimum atomic E-state index is -0.929. The second-order valence-corrected chi connectivity index (χ2v) is 5.50. The summed E-state index contributed by atoms with van der Waals surface area (Å²) in [5.74, 6) is -0.848. The first-order valence-electron chi connectivity index (χ1n) is 8.94. The summed E-state index contributed by atoms with van der Waals surface area (Å²) in [5.41, 5.74) is 0.737. The maximum absolute atomic E-state index is 11.0. The van der Waals surface area contributed by atoms with E-state index >= 15 is 0 Å². The SMILES string of the molecule is CC(=O)C(C)=CC=CC=CC=CC=CC=CC=CC=CC=CCC=CC(=O)O. The van der Waals surface area contributed by atoms with Crippen LogP contribution in [0.25, 0.3) is 0 Å². The molecule has 0 radical (unpaired) electrons. The van der Waals surface area contributed by atoms with Crippen LogP contribution in [0.3, 0.4) is 0 Å². The first-order chi connectivity index (χ1) is 13.5. The molecule has 0 aromatic rings. The number of aliphatic carboxylic acids is 1. The highest BCUT2D eigenvalue weighted by molar-refractivity contribution is 5.92. The Bertz CT molecular complexity index is 762. The van der Waals surface area contributed by atoms with Crippen molar-refractivity contribution in [3.05, 3.63) is 121 Å². The third-order valence-corrected chi connectivity index (χ3v) is 3.13. The van der Waals surface area contributed by atoms with E-state index in [0.29, 0.717) is 6.42 Å². The number of carbonyl (C=O) groups excluding carboxylic acids is 1. The third-order valence-electron chi connectivity index (χ3n) is 3.13. The summed E-state index contributed by atoms with van der Waals surface area (Å²) >= 11 is 0. The molecule has 3 nitrogen and oxygen atoms in total. The molecule has 146 valence electrons. The van der Waals surface area contributed by atoms with E-state index in [4.69, 9.17) is 5.11 Å². The van der Waals surface area contributed by atoms with Gasteiger partial charge in [0.05, 0.1) is 0 Å². The lowest BCUT2D eigenvalue weighted by Gasteiger charge is -1.87. The van der Waals surface area contributed by atoms with Crippen LogP contribution in [-0.2, 0) is 9.59 Å². The molecular weight excluding hydrogens is 348 g/mol. The van der Waals surface area contributed by atoms with Crippen molar-refractivity contribution in [2.24, 2.45) is 0 Å². The molecule has 0 unspecified atom stereocenters. The lowest BCUT2D eigenvalue weighted by molar-refractivity contribution is -0.131. The Morgan fingerprint density at radius 3 is 1.39 bits per heavy atom. The standard InChI is InChI=1S/C25H28O3/c1-23(24(2)26)21-19-17-15-13-11-9-7-5-3-4-6-8-10-12-14-16-18-20-22-25(27)28/h3-17,19-22H,18H2,1-2H3,(H,27,28). The lowest BCUT2D eigenvalue weighted by Crippen LogP contribution is -1.89. The van der Waals surface area contributed by atoms with Crippen molar-refractivity contribution < 1.29 is 14.7 Å². The van der Waals surface area contributed by atoms with Crippen LogP contribution >= 0.6 is 0 Å². The second kappa shape index (κ2) is 18.3. The fraction of sp³-hybridized carbons (Fsp3) is 0.120. The third kappa shape index (κ3) is 18.9. The zero-order valence-electron chi connectivity index (χ0n) is 16.4. The van der Waals surface area contributed by atoms with Gasteiger partial charge in [0.15, 0.2) is 5.78 Å². The predicted molar refractivity (Wildman–Crippen MR) is 119 cm³/mol. The van der Waals surface area contributed by atoms with Crippen molar-refractivity contribution in [2.75, 3.05) is 0 Å². The predicted octanol–water partition coefficient (Wildman–Crippen LogP) is 6.00. The Morgan fingerprint density at radius 1 is 0.607 bits per heavy atom. The molecule has 3 heteroatoms. The van der Waals surface area contributed by atoms with Gasteiger partial charge in [-0.25, -0.2) is 4.79 Å². The van der Waals surface area contributed by atoms with Crippen LogP contribution in [0.15, 0.2) is 121 Å². The van der Waals surface area contributed by atoms with Gasteiger partial charge in [-0.05, 0) is 25.8 Å². The van der Waals surface area contributed by atoms with Gasteiger partial charge in [-0.2, -0.15) is 0 Å². The monoisotopic (exact) mass is 376 g/mol. The zero-order valence-corrected chi connectivity index (χ0v) is 16.4. The molecule has 0 aliphatic carbocycles. The maximum Gasteiger partial charge on any atom is 0.327 e. The molecule has 0 bridgehead atoms. The summed E-state index contributed by atoms with van der Waals surface area (Å²) in [6.07, 6.45) is 35.6. The molecule has 0 saturated heterocycles. The van der Waals surface area contributed by atoms with Gasteiger partial charge in [-0.1, -0.05) is 109 Å². The van der Waals surface area contributed by atoms with Crippen molar-refractivity contribution in [3.8, 4) is 0 Å². The molecular formula is C25H28O3. The number of hydrogen-bond donors (Lipinski definition) is 1. The van der Waals surface area contributed by atoms with Crippen LogP contribution < -0.4 is 0 Å². The summed E-state index contributed by atoms with van der Waals surface area (Å²) < 4.78 is 0. The fourth-order valence-electron chi connectivity index (χ4n) is 1.56. The van der Waals surface area contributed by atoms with Crippen molar-refractivity contribution in [1.29, 1.82) is 0 Å². The van der Waals surface area contributed by atoms with Crippen molar-refractivity contribution in [1.82, 2.24) is 0 Å². The van der Waals surface area contributed by atoms with E-state index in [2.05, 4.69) is 0 Å². The van der Waals surface area contributed by atoms with E-state index in [9.17, 15) is 9.59 Å². The average Bonchev–Trinajstić information content (AvgIpc) is 2.65. The molecule has 0 rings (SSSR count). The number of rotatable bonds is 12. The summed E-state index contributed by atoms with van der Waals surface area (Å²) in [6, 6.07) is 0. The smallest absolute Gasteiger partial charge is 0.327 e. The first kappa shape index (κ1) is 24.5. The fourth-order valence-corrected chi connectivity index (χ4v) is 1.56. The Balaban J connectivity index is 4.00. The molecule has 0 saturated carbocycles. The minimum Gasteiger partial charge on any atom is -0.478 e. The van der Waals surface area contributed by atoms with Crippen LogP contribution in [0.2, 0.25) is 0 Å². The van der Waals surface area contributed by atoms with E-state index in [1.54, 1.807) is 26.0 Å². The zero-order chi connectivity index (χ0) is 20.9. The molecule has 0 amide bonds. The number of carboxylic acids is 1. The van der Waals surface area contributed by atoms with Gasteiger partial charge in [0.25, 0.3) is 0 Å². The number of Topliss-reactive ketones (excluding diaryl/α,β-unsaturated/α-hetero) is 1. The Kier molecular flexibility index (Phi) is 16.1. The van der Waals surface area contributed by atoms with Gasteiger partial charge < -0.3 is 5.11 Å². The van der Waals surface area contributed by atoms with Gasteiger partial charge in [-0.15, -0.1) is 0 Å². The minimum absolute atomic E-state index is 0.0806. The molecule has 0 aliphatic rings. The summed E-state index contributed by atoms with van der Waals surface area (Å²) in [7, 11) is 0. The lowest BCUT2D eigenvalue weighted by atomic mass is 10.2. The number of carboxylic acid groups (broad SMARTS) is 1.